The van der Waals surface area contributed by atoms with Crippen LogP contribution in [0.25, 0.3) is 0 Å². The van der Waals surface area contributed by atoms with Crippen LogP contribution in [0, 0.1) is 5.92 Å². The first-order chi connectivity index (χ1) is 10.1. The quantitative estimate of drug-likeness (QED) is 0.828. The Kier molecular flexibility index (Phi) is 5.06. The van der Waals surface area contributed by atoms with Crippen molar-refractivity contribution in [2.75, 3.05) is 6.61 Å². The van der Waals surface area contributed by atoms with Gasteiger partial charge in [-0.25, -0.2) is 0 Å². The van der Waals surface area contributed by atoms with Gasteiger partial charge in [-0.05, 0) is 18.6 Å². The largest absolute Gasteiger partial charge is 0.492 e. The molecule has 0 amide bonds. The third-order valence-electron chi connectivity index (χ3n) is 3.45. The molecule has 0 aliphatic carbocycles. The Labute approximate surface area is 125 Å². The smallest absolute Gasteiger partial charge is 0.169 e. The first-order valence-electron chi connectivity index (χ1n) is 7.06. The number of rotatable bonds is 6. The number of ketones is 1. The van der Waals surface area contributed by atoms with Crippen molar-refractivity contribution in [1.82, 2.24) is 4.98 Å². The lowest BCUT2D eigenvalue weighted by atomic mass is 9.89. The summed E-state index contributed by atoms with van der Waals surface area (Å²) in [5.41, 5.74) is 7.68. The lowest BCUT2D eigenvalue weighted by Crippen LogP contribution is -2.26. The fraction of sp³-hybridized carbons (Fsp3) is 0.294. The van der Waals surface area contributed by atoms with E-state index in [9.17, 15) is 4.79 Å². The van der Waals surface area contributed by atoms with Crippen molar-refractivity contribution < 1.29 is 9.53 Å². The van der Waals surface area contributed by atoms with Crippen molar-refractivity contribution >= 4 is 5.78 Å². The van der Waals surface area contributed by atoms with E-state index in [-0.39, 0.29) is 17.7 Å². The Bertz CT molecular complexity index is 599. The number of pyridine rings is 1. The molecular formula is C17H20N2O2. The van der Waals surface area contributed by atoms with Crippen molar-refractivity contribution in [3.8, 4) is 5.75 Å². The van der Waals surface area contributed by atoms with Gasteiger partial charge in [0, 0.05) is 23.7 Å². The first kappa shape index (κ1) is 15.2. The number of carbonyl (C=O) groups is 1. The molecule has 21 heavy (non-hydrogen) atoms. The molecule has 0 bridgehead atoms. The highest BCUT2D eigenvalue weighted by atomic mass is 16.5. The van der Waals surface area contributed by atoms with Gasteiger partial charge in [0.2, 0.25) is 0 Å². The van der Waals surface area contributed by atoms with Crippen LogP contribution in [0.2, 0.25) is 0 Å². The van der Waals surface area contributed by atoms with Gasteiger partial charge in [-0.3, -0.25) is 9.78 Å². The summed E-state index contributed by atoms with van der Waals surface area (Å²) < 4.78 is 5.38. The number of nitrogens with zero attached hydrogens (tertiary/aromatic N) is 1. The molecule has 1 aromatic carbocycles. The molecule has 0 aliphatic rings. The van der Waals surface area contributed by atoms with Crippen molar-refractivity contribution in [3.05, 3.63) is 59.9 Å². The maximum atomic E-state index is 12.5. The average molecular weight is 284 g/mol. The van der Waals surface area contributed by atoms with Gasteiger partial charge < -0.3 is 10.5 Å². The van der Waals surface area contributed by atoms with Crippen molar-refractivity contribution in [1.29, 1.82) is 0 Å². The Hall–Kier alpha value is -2.20. The molecule has 1 aromatic heterocycles. The molecule has 0 aliphatic heterocycles. The van der Waals surface area contributed by atoms with E-state index < -0.39 is 0 Å². The van der Waals surface area contributed by atoms with Gasteiger partial charge in [-0.15, -0.1) is 0 Å². The van der Waals surface area contributed by atoms with Crippen LogP contribution in [0.15, 0.2) is 48.8 Å². The lowest BCUT2D eigenvalue weighted by molar-refractivity contribution is 0.0912. The average Bonchev–Trinajstić information content (AvgIpc) is 2.54. The molecule has 0 radical (unpaired) electrons. The van der Waals surface area contributed by atoms with Crippen LogP contribution < -0.4 is 10.5 Å². The second kappa shape index (κ2) is 6.99. The molecule has 0 spiro atoms. The van der Waals surface area contributed by atoms with Crippen LogP contribution in [-0.4, -0.2) is 17.4 Å². The predicted molar refractivity (Wildman–Crippen MR) is 82.3 cm³/mol. The molecule has 1 heterocycles. The highest BCUT2D eigenvalue weighted by Gasteiger charge is 2.23. The zero-order chi connectivity index (χ0) is 15.2. The van der Waals surface area contributed by atoms with Crippen LogP contribution in [-0.2, 0) is 0 Å². The number of hydrogen-bond donors (Lipinski definition) is 1. The van der Waals surface area contributed by atoms with Crippen molar-refractivity contribution in [3.63, 3.8) is 0 Å². The van der Waals surface area contributed by atoms with E-state index in [0.29, 0.717) is 17.9 Å². The summed E-state index contributed by atoms with van der Waals surface area (Å²) in [6, 6.07) is 11.0. The lowest BCUT2D eigenvalue weighted by Gasteiger charge is -2.19. The van der Waals surface area contributed by atoms with Crippen LogP contribution in [0.1, 0.15) is 35.8 Å². The van der Waals surface area contributed by atoms with Gasteiger partial charge in [0.15, 0.2) is 5.78 Å². The SMILES string of the molecule is CCOc1cncc(C(=O)C(C)C(N)c2ccccc2)c1. The number of Topliss-reactive ketones (excluding diaryl/α,β-unsaturated/α-hetero) is 1. The van der Waals surface area contributed by atoms with Gasteiger partial charge in [-0.1, -0.05) is 37.3 Å². The summed E-state index contributed by atoms with van der Waals surface area (Å²) >= 11 is 0. The maximum Gasteiger partial charge on any atom is 0.169 e. The summed E-state index contributed by atoms with van der Waals surface area (Å²) in [4.78, 5) is 16.6. The summed E-state index contributed by atoms with van der Waals surface area (Å²) in [7, 11) is 0. The van der Waals surface area contributed by atoms with Crippen LogP contribution in [0.4, 0.5) is 0 Å². The monoisotopic (exact) mass is 284 g/mol. The van der Waals surface area contributed by atoms with Crippen LogP contribution in [0.3, 0.4) is 0 Å². The van der Waals surface area contributed by atoms with Gasteiger partial charge in [0.1, 0.15) is 5.75 Å². The number of hydrogen-bond acceptors (Lipinski definition) is 4. The van der Waals surface area contributed by atoms with Crippen LogP contribution in [0.5, 0.6) is 5.75 Å². The molecule has 2 rings (SSSR count). The van der Waals surface area contributed by atoms with Crippen molar-refractivity contribution in [2.45, 2.75) is 19.9 Å². The summed E-state index contributed by atoms with van der Waals surface area (Å²) in [5, 5.41) is 0. The minimum absolute atomic E-state index is 0.0274. The van der Waals surface area contributed by atoms with Crippen molar-refractivity contribution in [2.24, 2.45) is 11.7 Å². The molecule has 2 N–H and O–H groups in total. The minimum atomic E-state index is -0.338. The predicted octanol–water partition coefficient (Wildman–Crippen LogP) is 3.00. The Morgan fingerprint density at radius 1 is 1.29 bits per heavy atom. The minimum Gasteiger partial charge on any atom is -0.492 e. The normalized spacial score (nSPS) is 13.5. The fourth-order valence-electron chi connectivity index (χ4n) is 2.19. The Morgan fingerprint density at radius 3 is 2.67 bits per heavy atom. The van der Waals surface area contributed by atoms with E-state index in [4.69, 9.17) is 10.5 Å². The van der Waals surface area contributed by atoms with E-state index in [1.807, 2.05) is 44.2 Å². The zero-order valence-corrected chi connectivity index (χ0v) is 12.3. The van der Waals surface area contributed by atoms with E-state index in [1.165, 1.54) is 0 Å². The van der Waals surface area contributed by atoms with Gasteiger partial charge >= 0.3 is 0 Å². The second-order valence-electron chi connectivity index (χ2n) is 4.93. The van der Waals surface area contributed by atoms with E-state index in [1.54, 1.807) is 18.5 Å². The number of aromatic nitrogens is 1. The van der Waals surface area contributed by atoms with E-state index in [0.717, 1.165) is 5.56 Å². The van der Waals surface area contributed by atoms with Gasteiger partial charge in [0.25, 0.3) is 0 Å². The molecule has 0 saturated carbocycles. The number of ether oxygens (including phenoxy) is 1. The first-order valence-corrected chi connectivity index (χ1v) is 7.06. The molecule has 0 saturated heterocycles. The van der Waals surface area contributed by atoms with E-state index in [2.05, 4.69) is 4.98 Å². The maximum absolute atomic E-state index is 12.5. The molecule has 2 unspecified atom stereocenters. The Balaban J connectivity index is 2.17. The summed E-state index contributed by atoms with van der Waals surface area (Å²) in [5.74, 6) is 0.246. The number of carbonyl (C=O) groups excluding carboxylic acids is 1. The molecule has 2 atom stereocenters. The summed E-state index contributed by atoms with van der Waals surface area (Å²) in [6.45, 7) is 4.27. The number of nitrogens with two attached hydrogens (primary N) is 1. The molecule has 110 valence electrons. The fourth-order valence-corrected chi connectivity index (χ4v) is 2.19. The highest BCUT2D eigenvalue weighted by Crippen LogP contribution is 2.23. The third kappa shape index (κ3) is 3.67. The summed E-state index contributed by atoms with van der Waals surface area (Å²) in [6.07, 6.45) is 3.15. The topological polar surface area (TPSA) is 65.2 Å². The molecule has 0 fully saturated rings. The molecule has 4 heteroatoms. The second-order valence-corrected chi connectivity index (χ2v) is 4.93. The third-order valence-corrected chi connectivity index (χ3v) is 3.45. The molecule has 2 aromatic rings. The van der Waals surface area contributed by atoms with E-state index >= 15 is 0 Å². The van der Waals surface area contributed by atoms with Gasteiger partial charge in [-0.2, -0.15) is 0 Å². The Morgan fingerprint density at radius 2 is 2.00 bits per heavy atom. The molecule has 4 nitrogen and oxygen atoms in total. The van der Waals surface area contributed by atoms with Gasteiger partial charge in [0.05, 0.1) is 12.8 Å². The molecular weight excluding hydrogens is 264 g/mol. The highest BCUT2D eigenvalue weighted by molar-refractivity contribution is 5.98. The van der Waals surface area contributed by atoms with Crippen LogP contribution >= 0.6 is 0 Å². The number of benzene rings is 1. The standard InChI is InChI=1S/C17H20N2O2/c1-3-21-15-9-14(10-19-11-15)17(20)12(2)16(18)13-7-5-4-6-8-13/h4-12,16H,3,18H2,1-2H3. The zero-order valence-electron chi connectivity index (χ0n) is 12.3.